The van der Waals surface area contributed by atoms with Crippen LogP contribution >= 0.6 is 0 Å². The Morgan fingerprint density at radius 3 is 2.82 bits per heavy atom. The summed E-state index contributed by atoms with van der Waals surface area (Å²) in [6.07, 6.45) is 1.70. The minimum absolute atomic E-state index is 0.107. The molecule has 1 heterocycles. The topological polar surface area (TPSA) is 40.5 Å². The quantitative estimate of drug-likeness (QED) is 0.922. The number of fused-ring (bicyclic) bond motifs is 2. The molecule has 0 bridgehead atoms. The van der Waals surface area contributed by atoms with E-state index < -0.39 is 5.97 Å². The molecule has 3 nitrogen and oxygen atoms in total. The first kappa shape index (κ1) is 13.5. The number of carbonyl (C=O) groups is 1. The van der Waals surface area contributed by atoms with E-state index in [9.17, 15) is 9.18 Å². The van der Waals surface area contributed by atoms with E-state index in [1.165, 1.54) is 11.6 Å². The third-order valence-corrected chi connectivity index (χ3v) is 4.82. The SMILES string of the molecule is O=C(O)c1ccc2c(c1)CN(C1CCc3c(F)cccc31)C2. The summed E-state index contributed by atoms with van der Waals surface area (Å²) in [5.74, 6) is -1.00. The Bertz CT molecular complexity index is 772. The van der Waals surface area contributed by atoms with Crippen molar-refractivity contribution in [2.75, 3.05) is 0 Å². The summed E-state index contributed by atoms with van der Waals surface area (Å²) >= 11 is 0. The van der Waals surface area contributed by atoms with Gasteiger partial charge in [-0.1, -0.05) is 18.2 Å². The molecule has 2 aliphatic rings. The maximum absolute atomic E-state index is 13.9. The Kier molecular flexibility index (Phi) is 3.01. The second-order valence-electron chi connectivity index (χ2n) is 6.06. The fourth-order valence-electron chi connectivity index (χ4n) is 3.74. The summed E-state index contributed by atoms with van der Waals surface area (Å²) < 4.78 is 13.9. The van der Waals surface area contributed by atoms with E-state index in [0.29, 0.717) is 5.56 Å². The highest BCUT2D eigenvalue weighted by Gasteiger charge is 2.33. The highest BCUT2D eigenvalue weighted by Crippen LogP contribution is 2.40. The Hall–Kier alpha value is -2.20. The van der Waals surface area contributed by atoms with Gasteiger partial charge in [0, 0.05) is 19.1 Å². The zero-order chi connectivity index (χ0) is 15.3. The predicted molar refractivity (Wildman–Crippen MR) is 80.1 cm³/mol. The van der Waals surface area contributed by atoms with Gasteiger partial charge in [-0.3, -0.25) is 4.90 Å². The van der Waals surface area contributed by atoms with Crippen LogP contribution < -0.4 is 0 Å². The average molecular weight is 297 g/mol. The molecular formula is C18H16FNO2. The molecular weight excluding hydrogens is 281 g/mol. The second kappa shape index (κ2) is 4.92. The Morgan fingerprint density at radius 2 is 2.00 bits per heavy atom. The van der Waals surface area contributed by atoms with E-state index in [1.807, 2.05) is 12.1 Å². The molecule has 0 radical (unpaired) electrons. The summed E-state index contributed by atoms with van der Waals surface area (Å²) in [5, 5.41) is 9.10. The molecule has 0 spiro atoms. The summed E-state index contributed by atoms with van der Waals surface area (Å²) in [7, 11) is 0. The van der Waals surface area contributed by atoms with E-state index in [2.05, 4.69) is 4.90 Å². The number of carboxylic acids is 1. The molecule has 0 aromatic heterocycles. The van der Waals surface area contributed by atoms with Crippen LogP contribution in [0.2, 0.25) is 0 Å². The molecule has 2 aromatic rings. The van der Waals surface area contributed by atoms with E-state index in [4.69, 9.17) is 5.11 Å². The zero-order valence-corrected chi connectivity index (χ0v) is 12.1. The molecule has 112 valence electrons. The standard InChI is InChI=1S/C18H16FNO2/c19-16-3-1-2-15-14(16)6-7-17(15)20-9-12-5-4-11(18(21)22)8-13(12)10-20/h1-5,8,17H,6-7,9-10H2,(H,21,22). The molecule has 1 N–H and O–H groups in total. The summed E-state index contributed by atoms with van der Waals surface area (Å²) in [5.41, 5.74) is 4.51. The highest BCUT2D eigenvalue weighted by atomic mass is 19.1. The molecule has 0 saturated carbocycles. The predicted octanol–water partition coefficient (Wildman–Crippen LogP) is 3.53. The number of halogens is 1. The molecule has 2 aromatic carbocycles. The molecule has 0 saturated heterocycles. The van der Waals surface area contributed by atoms with Crippen LogP contribution in [-0.4, -0.2) is 16.0 Å². The van der Waals surface area contributed by atoms with Crippen molar-refractivity contribution in [1.29, 1.82) is 0 Å². The zero-order valence-electron chi connectivity index (χ0n) is 12.1. The monoisotopic (exact) mass is 297 g/mol. The third-order valence-electron chi connectivity index (χ3n) is 4.82. The van der Waals surface area contributed by atoms with Crippen molar-refractivity contribution < 1.29 is 14.3 Å². The summed E-state index contributed by atoms with van der Waals surface area (Å²) in [6.45, 7) is 1.53. The van der Waals surface area contributed by atoms with Gasteiger partial charge in [-0.25, -0.2) is 9.18 Å². The van der Waals surface area contributed by atoms with Crippen molar-refractivity contribution >= 4 is 5.97 Å². The van der Waals surface area contributed by atoms with Gasteiger partial charge in [-0.15, -0.1) is 0 Å². The van der Waals surface area contributed by atoms with Gasteiger partial charge in [0.2, 0.25) is 0 Å². The van der Waals surface area contributed by atoms with Gasteiger partial charge in [0.05, 0.1) is 5.56 Å². The number of aromatic carboxylic acids is 1. The normalized spacial score (nSPS) is 20.0. The van der Waals surface area contributed by atoms with E-state index >= 15 is 0 Å². The molecule has 0 amide bonds. The van der Waals surface area contributed by atoms with Crippen LogP contribution in [0.1, 0.15) is 45.1 Å². The van der Waals surface area contributed by atoms with Crippen molar-refractivity contribution in [1.82, 2.24) is 4.90 Å². The minimum Gasteiger partial charge on any atom is -0.478 e. The van der Waals surface area contributed by atoms with Crippen molar-refractivity contribution in [2.24, 2.45) is 0 Å². The molecule has 4 rings (SSSR count). The van der Waals surface area contributed by atoms with Crippen LogP contribution in [0.15, 0.2) is 36.4 Å². The van der Waals surface area contributed by atoms with Crippen molar-refractivity contribution in [3.05, 3.63) is 70.0 Å². The number of nitrogens with zero attached hydrogens (tertiary/aromatic N) is 1. The Morgan fingerprint density at radius 1 is 1.18 bits per heavy atom. The third kappa shape index (κ3) is 2.03. The first-order valence-corrected chi connectivity index (χ1v) is 7.50. The first-order chi connectivity index (χ1) is 10.6. The van der Waals surface area contributed by atoms with Crippen LogP contribution in [-0.2, 0) is 19.5 Å². The Balaban J connectivity index is 1.63. The lowest BCUT2D eigenvalue weighted by molar-refractivity contribution is 0.0696. The lowest BCUT2D eigenvalue weighted by Gasteiger charge is -2.24. The average Bonchev–Trinajstić information content (AvgIpc) is 3.10. The molecule has 1 unspecified atom stereocenters. The van der Waals surface area contributed by atoms with Crippen LogP contribution in [0.3, 0.4) is 0 Å². The van der Waals surface area contributed by atoms with Crippen LogP contribution in [0.25, 0.3) is 0 Å². The largest absolute Gasteiger partial charge is 0.478 e. The smallest absolute Gasteiger partial charge is 0.335 e. The second-order valence-corrected chi connectivity index (χ2v) is 6.06. The van der Waals surface area contributed by atoms with Gasteiger partial charge in [0.15, 0.2) is 0 Å². The first-order valence-electron chi connectivity index (χ1n) is 7.50. The van der Waals surface area contributed by atoms with Gasteiger partial charge in [0.25, 0.3) is 0 Å². The van der Waals surface area contributed by atoms with Crippen molar-refractivity contribution in [2.45, 2.75) is 32.0 Å². The molecule has 1 aliphatic carbocycles. The highest BCUT2D eigenvalue weighted by molar-refractivity contribution is 5.87. The van der Waals surface area contributed by atoms with Gasteiger partial charge in [-0.2, -0.15) is 0 Å². The number of hydrogen-bond donors (Lipinski definition) is 1. The van der Waals surface area contributed by atoms with E-state index in [0.717, 1.165) is 42.6 Å². The van der Waals surface area contributed by atoms with E-state index in [1.54, 1.807) is 18.2 Å². The van der Waals surface area contributed by atoms with Crippen molar-refractivity contribution in [3.8, 4) is 0 Å². The van der Waals surface area contributed by atoms with Crippen molar-refractivity contribution in [3.63, 3.8) is 0 Å². The van der Waals surface area contributed by atoms with Gasteiger partial charge in [0.1, 0.15) is 5.82 Å². The summed E-state index contributed by atoms with van der Waals surface area (Å²) in [6, 6.07) is 10.9. The molecule has 22 heavy (non-hydrogen) atoms. The van der Waals surface area contributed by atoms with Gasteiger partial charge in [-0.05, 0) is 53.3 Å². The van der Waals surface area contributed by atoms with Gasteiger partial charge < -0.3 is 5.11 Å². The number of rotatable bonds is 2. The molecule has 1 atom stereocenters. The fraction of sp³-hybridized carbons (Fsp3) is 0.278. The molecule has 4 heteroatoms. The van der Waals surface area contributed by atoms with Crippen LogP contribution in [0.4, 0.5) is 4.39 Å². The van der Waals surface area contributed by atoms with Gasteiger partial charge >= 0.3 is 5.97 Å². The van der Waals surface area contributed by atoms with Crippen LogP contribution in [0.5, 0.6) is 0 Å². The summed E-state index contributed by atoms with van der Waals surface area (Å²) in [4.78, 5) is 13.4. The number of carboxylic acid groups (broad SMARTS) is 1. The molecule has 1 aliphatic heterocycles. The lowest BCUT2D eigenvalue weighted by Crippen LogP contribution is -2.21. The number of hydrogen-bond acceptors (Lipinski definition) is 2. The minimum atomic E-state index is -0.894. The molecule has 0 fully saturated rings. The maximum Gasteiger partial charge on any atom is 0.335 e. The van der Waals surface area contributed by atoms with Crippen LogP contribution in [0, 0.1) is 5.82 Å². The maximum atomic E-state index is 13.9. The fourth-order valence-corrected chi connectivity index (χ4v) is 3.74. The lowest BCUT2D eigenvalue weighted by atomic mass is 10.1. The number of benzene rings is 2. The van der Waals surface area contributed by atoms with E-state index in [-0.39, 0.29) is 11.9 Å². The Labute approximate surface area is 128 Å².